The first-order valence-electron chi connectivity index (χ1n) is 8.26. The molecule has 0 N–H and O–H groups in total. The Morgan fingerprint density at radius 1 is 1.35 bits per heavy atom. The first-order chi connectivity index (χ1) is 10.7. The summed E-state index contributed by atoms with van der Waals surface area (Å²) in [4.78, 5) is 36.2. The van der Waals surface area contributed by atoms with E-state index >= 15 is 0 Å². The predicted octanol–water partition coefficient (Wildman–Crippen LogP) is 2.43. The molecule has 23 heavy (non-hydrogen) atoms. The highest BCUT2D eigenvalue weighted by atomic mass is 16.6. The van der Waals surface area contributed by atoms with Crippen molar-refractivity contribution in [3.63, 3.8) is 0 Å². The van der Waals surface area contributed by atoms with Crippen LogP contribution in [0.3, 0.4) is 0 Å². The second-order valence-corrected chi connectivity index (χ2v) is 7.90. The summed E-state index contributed by atoms with van der Waals surface area (Å²) in [7, 11) is 0. The lowest BCUT2D eigenvalue weighted by Gasteiger charge is -2.62. The zero-order chi connectivity index (χ0) is 17.0. The van der Waals surface area contributed by atoms with Crippen LogP contribution in [0.5, 0.6) is 0 Å². The fourth-order valence-corrected chi connectivity index (χ4v) is 5.09. The van der Waals surface area contributed by atoms with Crippen molar-refractivity contribution in [3.05, 3.63) is 12.2 Å². The van der Waals surface area contributed by atoms with Crippen molar-refractivity contribution in [1.29, 1.82) is 0 Å². The molecule has 5 heteroatoms. The first-order valence-corrected chi connectivity index (χ1v) is 8.26. The van der Waals surface area contributed by atoms with Gasteiger partial charge in [-0.25, -0.2) is 9.59 Å². The summed E-state index contributed by atoms with van der Waals surface area (Å²) < 4.78 is 10.7. The van der Waals surface area contributed by atoms with E-state index in [2.05, 4.69) is 6.58 Å². The lowest BCUT2D eigenvalue weighted by atomic mass is 9.44. The highest BCUT2D eigenvalue weighted by Crippen LogP contribution is 2.63. The lowest BCUT2D eigenvalue weighted by Crippen LogP contribution is -2.65. The molecular weight excluding hydrogens is 296 g/mol. The molecule has 126 valence electrons. The van der Waals surface area contributed by atoms with Crippen molar-refractivity contribution in [2.45, 2.75) is 52.1 Å². The molecule has 0 radical (unpaired) electrons. The van der Waals surface area contributed by atoms with Crippen molar-refractivity contribution < 1.29 is 23.9 Å². The Labute approximate surface area is 136 Å². The fourth-order valence-electron chi connectivity index (χ4n) is 5.09. The fraction of sp³-hybridized carbons (Fsp3) is 0.722. The number of Topliss-reactive ketones (excluding diaryl/α,β-unsaturated/α-hetero) is 1. The maximum Gasteiger partial charge on any atom is 0.344 e. The minimum absolute atomic E-state index is 0.00739. The predicted molar refractivity (Wildman–Crippen MR) is 82.3 cm³/mol. The van der Waals surface area contributed by atoms with Gasteiger partial charge >= 0.3 is 11.9 Å². The van der Waals surface area contributed by atoms with Gasteiger partial charge in [0.15, 0.2) is 6.61 Å². The van der Waals surface area contributed by atoms with E-state index in [1.54, 1.807) is 0 Å². The summed E-state index contributed by atoms with van der Waals surface area (Å²) in [6, 6.07) is 0. The number of hydrogen-bond donors (Lipinski definition) is 0. The molecule has 5 nitrogen and oxygen atoms in total. The van der Waals surface area contributed by atoms with E-state index in [-0.39, 0.29) is 22.8 Å². The van der Waals surface area contributed by atoms with Crippen LogP contribution in [0.4, 0.5) is 0 Å². The van der Waals surface area contributed by atoms with E-state index in [4.69, 9.17) is 9.47 Å². The summed E-state index contributed by atoms with van der Waals surface area (Å²) in [6.07, 6.45) is 3.22. The molecular formula is C18H24O5. The van der Waals surface area contributed by atoms with E-state index in [1.807, 2.05) is 13.8 Å². The number of carbonyl (C=O) groups excluding carboxylic acids is 3. The van der Waals surface area contributed by atoms with E-state index in [0.29, 0.717) is 18.1 Å². The number of rotatable bonds is 4. The van der Waals surface area contributed by atoms with Crippen molar-refractivity contribution in [1.82, 2.24) is 0 Å². The Kier molecular flexibility index (Phi) is 3.65. The van der Waals surface area contributed by atoms with Crippen LogP contribution in [-0.4, -0.2) is 29.9 Å². The Bertz CT molecular complexity index is 594. The Morgan fingerprint density at radius 2 is 2.04 bits per heavy atom. The molecule has 4 aliphatic carbocycles. The van der Waals surface area contributed by atoms with E-state index in [9.17, 15) is 14.4 Å². The highest BCUT2D eigenvalue weighted by molar-refractivity contribution is 5.90. The number of esters is 2. The lowest BCUT2D eigenvalue weighted by molar-refractivity contribution is -0.219. The molecule has 0 heterocycles. The first kappa shape index (κ1) is 16.2. The maximum absolute atomic E-state index is 12.6. The van der Waals surface area contributed by atoms with Gasteiger partial charge in [0.25, 0.3) is 0 Å². The van der Waals surface area contributed by atoms with Crippen LogP contribution >= 0.6 is 0 Å². The number of carbonyl (C=O) groups is 3. The molecule has 0 saturated heterocycles. The summed E-state index contributed by atoms with van der Waals surface area (Å²) in [6.45, 7) is 8.62. The van der Waals surface area contributed by atoms with E-state index in [1.165, 1.54) is 6.92 Å². The molecule has 5 atom stereocenters. The summed E-state index contributed by atoms with van der Waals surface area (Å²) >= 11 is 0. The van der Waals surface area contributed by atoms with Gasteiger partial charge in [-0.1, -0.05) is 20.4 Å². The normalized spacial score (nSPS) is 40.8. The minimum atomic E-state index is -0.595. The smallest absolute Gasteiger partial charge is 0.344 e. The zero-order valence-corrected chi connectivity index (χ0v) is 14.0. The van der Waals surface area contributed by atoms with Crippen LogP contribution in [0.15, 0.2) is 12.2 Å². The van der Waals surface area contributed by atoms with E-state index in [0.717, 1.165) is 19.3 Å². The van der Waals surface area contributed by atoms with Gasteiger partial charge in [0, 0.05) is 22.8 Å². The van der Waals surface area contributed by atoms with Crippen LogP contribution in [-0.2, 0) is 23.9 Å². The standard InChI is InChI=1S/C18H24O5/c1-10(2)16(21)22-8-14(19)23-18-7-12-5-13(11(18)3)15(20)17(4,6-12)9-18/h11-13H,1,5-9H2,2-4H3. The molecule has 0 spiro atoms. The van der Waals surface area contributed by atoms with Crippen LogP contribution < -0.4 is 0 Å². The van der Waals surface area contributed by atoms with E-state index < -0.39 is 24.1 Å². The Hall–Kier alpha value is -1.65. The Balaban J connectivity index is 1.72. The third kappa shape index (κ3) is 2.50. The highest BCUT2D eigenvalue weighted by Gasteiger charge is 2.65. The number of ether oxygens (including phenoxy) is 2. The molecule has 4 fully saturated rings. The minimum Gasteiger partial charge on any atom is -0.456 e. The number of hydrogen-bond acceptors (Lipinski definition) is 5. The molecule has 0 amide bonds. The van der Waals surface area contributed by atoms with Crippen molar-refractivity contribution in [3.8, 4) is 0 Å². The maximum atomic E-state index is 12.6. The topological polar surface area (TPSA) is 69.7 Å². The molecule has 5 unspecified atom stereocenters. The second-order valence-electron chi connectivity index (χ2n) is 7.90. The van der Waals surface area contributed by atoms with Gasteiger partial charge in [-0.2, -0.15) is 0 Å². The molecule has 4 bridgehead atoms. The summed E-state index contributed by atoms with van der Waals surface area (Å²) in [5.41, 5.74) is -0.701. The number of ketones is 1. The SMILES string of the molecule is C=C(C)C(=O)OCC(=O)OC12CC3CC(C(=O)C(C)(C3)C1)C2C. The van der Waals surface area contributed by atoms with Gasteiger partial charge in [0.1, 0.15) is 11.4 Å². The van der Waals surface area contributed by atoms with Gasteiger partial charge in [-0.15, -0.1) is 0 Å². The van der Waals surface area contributed by atoms with Crippen molar-refractivity contribution >= 4 is 17.7 Å². The molecule has 0 aromatic heterocycles. The van der Waals surface area contributed by atoms with Gasteiger partial charge in [0.2, 0.25) is 0 Å². The van der Waals surface area contributed by atoms with Gasteiger partial charge < -0.3 is 9.47 Å². The van der Waals surface area contributed by atoms with Gasteiger partial charge in [-0.3, -0.25) is 4.79 Å². The van der Waals surface area contributed by atoms with Crippen molar-refractivity contribution in [2.75, 3.05) is 6.61 Å². The zero-order valence-electron chi connectivity index (χ0n) is 14.0. The second kappa shape index (κ2) is 5.18. The van der Waals surface area contributed by atoms with Gasteiger partial charge in [0.05, 0.1) is 0 Å². The molecule has 0 aromatic rings. The van der Waals surface area contributed by atoms with Crippen LogP contribution in [0, 0.1) is 23.2 Å². The molecule has 4 rings (SSSR count). The summed E-state index contributed by atoms with van der Waals surface area (Å²) in [5.74, 6) is -0.334. The third-order valence-corrected chi connectivity index (χ3v) is 6.00. The molecule has 0 aromatic carbocycles. The summed E-state index contributed by atoms with van der Waals surface area (Å²) in [5, 5.41) is 0. The van der Waals surface area contributed by atoms with Crippen LogP contribution in [0.2, 0.25) is 0 Å². The largest absolute Gasteiger partial charge is 0.456 e. The van der Waals surface area contributed by atoms with Crippen LogP contribution in [0.1, 0.15) is 46.5 Å². The average molecular weight is 320 g/mol. The Morgan fingerprint density at radius 3 is 2.70 bits per heavy atom. The average Bonchev–Trinajstić information content (AvgIpc) is 2.45. The van der Waals surface area contributed by atoms with Gasteiger partial charge in [-0.05, 0) is 38.5 Å². The van der Waals surface area contributed by atoms with Crippen molar-refractivity contribution in [2.24, 2.45) is 23.2 Å². The third-order valence-electron chi connectivity index (χ3n) is 6.00. The quantitative estimate of drug-likeness (QED) is 0.588. The molecule has 4 aliphatic rings. The molecule has 0 aliphatic heterocycles. The monoisotopic (exact) mass is 320 g/mol. The van der Waals surface area contributed by atoms with Crippen LogP contribution in [0.25, 0.3) is 0 Å². The molecule has 4 saturated carbocycles.